The van der Waals surface area contributed by atoms with E-state index in [-0.39, 0.29) is 11.5 Å². The number of nitrogens with zero attached hydrogens (tertiary/aromatic N) is 2. The van der Waals surface area contributed by atoms with Gasteiger partial charge in [0.1, 0.15) is 6.04 Å². The second-order valence-electron chi connectivity index (χ2n) is 6.76. The van der Waals surface area contributed by atoms with Gasteiger partial charge in [0, 0.05) is 16.6 Å². The molecule has 0 bridgehead atoms. The van der Waals surface area contributed by atoms with Crippen LogP contribution in [0, 0.1) is 6.92 Å². The smallest absolute Gasteiger partial charge is 0.276 e. The summed E-state index contributed by atoms with van der Waals surface area (Å²) in [5, 5.41) is 9.01. The van der Waals surface area contributed by atoms with E-state index in [9.17, 15) is 9.59 Å². The van der Waals surface area contributed by atoms with E-state index < -0.39 is 6.04 Å². The van der Waals surface area contributed by atoms with Crippen molar-refractivity contribution < 1.29 is 4.79 Å². The first-order valence-electron chi connectivity index (χ1n) is 9.32. The summed E-state index contributed by atoms with van der Waals surface area (Å²) in [6.45, 7) is 4.21. The van der Waals surface area contributed by atoms with Crippen LogP contribution in [0.4, 0.5) is 0 Å². The van der Waals surface area contributed by atoms with Crippen LogP contribution in [0.3, 0.4) is 0 Å². The minimum Gasteiger partial charge on any atom is -0.350 e. The lowest BCUT2D eigenvalue weighted by Crippen LogP contribution is -2.38. The number of rotatable bonds is 5. The summed E-state index contributed by atoms with van der Waals surface area (Å²) in [5.74, 6) is -0.195. The molecule has 2 heterocycles. The highest BCUT2D eigenvalue weighted by molar-refractivity contribution is 7.26. The van der Waals surface area contributed by atoms with Gasteiger partial charge in [-0.05, 0) is 25.0 Å². The molecule has 28 heavy (non-hydrogen) atoms. The summed E-state index contributed by atoms with van der Waals surface area (Å²) in [7, 11) is 0. The molecule has 0 unspecified atom stereocenters. The monoisotopic (exact) mass is 391 g/mol. The highest BCUT2D eigenvalue weighted by Crippen LogP contribution is 2.33. The van der Waals surface area contributed by atoms with Gasteiger partial charge in [0.2, 0.25) is 5.91 Å². The normalized spacial score (nSPS) is 12.4. The molecule has 0 aliphatic rings. The maximum absolute atomic E-state index is 13.3. The van der Waals surface area contributed by atoms with Crippen LogP contribution in [0.2, 0.25) is 0 Å². The van der Waals surface area contributed by atoms with E-state index in [0.717, 1.165) is 26.0 Å². The minimum atomic E-state index is -0.641. The number of aromatic nitrogens is 2. The average molecular weight is 391 g/mol. The number of nitrogens with one attached hydrogen (secondary N) is 1. The molecule has 0 aliphatic carbocycles. The molecule has 1 atom stereocenters. The van der Waals surface area contributed by atoms with Gasteiger partial charge in [0.15, 0.2) is 0 Å². The van der Waals surface area contributed by atoms with Crippen molar-refractivity contribution in [3.8, 4) is 0 Å². The van der Waals surface area contributed by atoms with Gasteiger partial charge >= 0.3 is 0 Å². The lowest BCUT2D eigenvalue weighted by Gasteiger charge is -2.17. The van der Waals surface area contributed by atoms with Gasteiger partial charge < -0.3 is 5.32 Å². The van der Waals surface area contributed by atoms with E-state index in [1.807, 2.05) is 68.4 Å². The Morgan fingerprint density at radius 2 is 1.86 bits per heavy atom. The molecular weight excluding hydrogens is 370 g/mol. The third kappa shape index (κ3) is 3.20. The molecule has 0 spiro atoms. The molecule has 0 saturated carbocycles. The molecule has 142 valence electrons. The molecular formula is C22H21N3O2S. The van der Waals surface area contributed by atoms with Crippen molar-refractivity contribution >= 4 is 37.4 Å². The van der Waals surface area contributed by atoms with E-state index in [4.69, 9.17) is 0 Å². The highest BCUT2D eigenvalue weighted by atomic mass is 32.1. The molecule has 0 radical (unpaired) electrons. The summed E-state index contributed by atoms with van der Waals surface area (Å²) in [5.41, 5.74) is 1.58. The zero-order chi connectivity index (χ0) is 19.7. The third-order valence-corrected chi connectivity index (χ3v) is 6.18. The molecule has 2 aromatic heterocycles. The summed E-state index contributed by atoms with van der Waals surface area (Å²) < 4.78 is 3.30. The fourth-order valence-corrected chi connectivity index (χ4v) is 4.60. The summed E-state index contributed by atoms with van der Waals surface area (Å²) in [6, 6.07) is 16.9. The van der Waals surface area contributed by atoms with E-state index in [1.165, 1.54) is 4.68 Å². The van der Waals surface area contributed by atoms with Gasteiger partial charge in [-0.1, -0.05) is 55.5 Å². The van der Waals surface area contributed by atoms with Gasteiger partial charge in [-0.2, -0.15) is 5.10 Å². The van der Waals surface area contributed by atoms with E-state index in [2.05, 4.69) is 10.4 Å². The first-order chi connectivity index (χ1) is 13.6. The number of benzene rings is 2. The van der Waals surface area contributed by atoms with Crippen LogP contribution in [-0.2, 0) is 11.3 Å². The van der Waals surface area contributed by atoms with Gasteiger partial charge in [0.25, 0.3) is 5.56 Å². The van der Waals surface area contributed by atoms with Crippen molar-refractivity contribution in [2.45, 2.75) is 32.9 Å². The SMILES string of the molecule is CC[C@H](C(=O)NCc1ccccc1)n1nc(C)c2sc3ccccc3c2c1=O. The quantitative estimate of drug-likeness (QED) is 0.555. The standard InChI is InChI=1S/C22H21N3O2S/c1-3-17(21(26)23-13-15-9-5-4-6-10-15)25-22(27)19-16-11-7-8-12-18(16)28-20(19)14(2)24-25/h4-12,17H,3,13H2,1-2H3,(H,23,26)/t17-/m1/s1. The van der Waals surface area contributed by atoms with Gasteiger partial charge in [-0.3, -0.25) is 9.59 Å². The van der Waals surface area contributed by atoms with Crippen molar-refractivity contribution in [3.63, 3.8) is 0 Å². The minimum absolute atomic E-state index is 0.195. The summed E-state index contributed by atoms with van der Waals surface area (Å²) in [6.07, 6.45) is 0.487. The predicted molar refractivity (Wildman–Crippen MR) is 114 cm³/mol. The molecule has 2 aromatic carbocycles. The van der Waals surface area contributed by atoms with Crippen LogP contribution >= 0.6 is 11.3 Å². The van der Waals surface area contributed by atoms with Crippen molar-refractivity contribution in [2.24, 2.45) is 0 Å². The molecule has 1 amide bonds. The highest BCUT2D eigenvalue weighted by Gasteiger charge is 2.24. The number of carbonyl (C=O) groups excluding carboxylic acids is 1. The Kier molecular flexibility index (Phi) is 4.96. The molecule has 5 nitrogen and oxygen atoms in total. The summed E-state index contributed by atoms with van der Waals surface area (Å²) in [4.78, 5) is 26.1. The van der Waals surface area contributed by atoms with Crippen LogP contribution in [-0.4, -0.2) is 15.7 Å². The first kappa shape index (κ1) is 18.4. The molecule has 4 rings (SSSR count). The van der Waals surface area contributed by atoms with Crippen molar-refractivity contribution in [2.75, 3.05) is 0 Å². The van der Waals surface area contributed by atoms with Crippen molar-refractivity contribution in [3.05, 3.63) is 76.2 Å². The van der Waals surface area contributed by atoms with Gasteiger partial charge in [-0.15, -0.1) is 11.3 Å². The second-order valence-corrected chi connectivity index (χ2v) is 7.82. The zero-order valence-corrected chi connectivity index (χ0v) is 16.6. The average Bonchev–Trinajstić information content (AvgIpc) is 3.12. The number of thiophene rings is 1. The molecule has 1 N–H and O–H groups in total. The predicted octanol–water partition coefficient (Wildman–Crippen LogP) is 4.19. The number of aryl methyl sites for hydroxylation is 1. The van der Waals surface area contributed by atoms with Crippen LogP contribution in [0.15, 0.2) is 59.4 Å². The Morgan fingerprint density at radius 3 is 2.61 bits per heavy atom. The van der Waals surface area contributed by atoms with Gasteiger partial charge in [0.05, 0.1) is 15.8 Å². The largest absolute Gasteiger partial charge is 0.350 e. The molecule has 0 aliphatic heterocycles. The number of hydrogen-bond donors (Lipinski definition) is 1. The third-order valence-electron chi connectivity index (χ3n) is 4.90. The van der Waals surface area contributed by atoms with E-state index in [0.29, 0.717) is 18.4 Å². The number of amides is 1. The van der Waals surface area contributed by atoms with Crippen LogP contribution in [0.1, 0.15) is 30.6 Å². The molecule has 6 heteroatoms. The van der Waals surface area contributed by atoms with Crippen LogP contribution in [0.25, 0.3) is 20.2 Å². The number of hydrogen-bond acceptors (Lipinski definition) is 4. The summed E-state index contributed by atoms with van der Waals surface area (Å²) >= 11 is 1.57. The van der Waals surface area contributed by atoms with Gasteiger partial charge in [-0.25, -0.2) is 4.68 Å². The van der Waals surface area contributed by atoms with Crippen molar-refractivity contribution in [1.29, 1.82) is 0 Å². The first-order valence-corrected chi connectivity index (χ1v) is 10.1. The van der Waals surface area contributed by atoms with E-state index in [1.54, 1.807) is 11.3 Å². The Balaban J connectivity index is 1.73. The Morgan fingerprint density at radius 1 is 1.14 bits per heavy atom. The fraction of sp³-hybridized carbons (Fsp3) is 0.227. The van der Waals surface area contributed by atoms with Crippen LogP contribution in [0.5, 0.6) is 0 Å². The van der Waals surface area contributed by atoms with Crippen LogP contribution < -0.4 is 10.9 Å². The second kappa shape index (κ2) is 7.56. The lowest BCUT2D eigenvalue weighted by atomic mass is 10.1. The Labute approximate surface area is 166 Å². The lowest BCUT2D eigenvalue weighted by molar-refractivity contribution is -0.125. The fourth-order valence-electron chi connectivity index (χ4n) is 3.46. The molecule has 0 fully saturated rings. The number of carbonyl (C=O) groups is 1. The maximum Gasteiger partial charge on any atom is 0.276 e. The maximum atomic E-state index is 13.3. The zero-order valence-electron chi connectivity index (χ0n) is 15.8. The molecule has 4 aromatic rings. The van der Waals surface area contributed by atoms with Crippen molar-refractivity contribution in [1.82, 2.24) is 15.1 Å². The Bertz CT molecular complexity index is 1210. The van der Waals surface area contributed by atoms with E-state index >= 15 is 0 Å². The number of fused-ring (bicyclic) bond motifs is 3. The Hall–Kier alpha value is -2.99. The topological polar surface area (TPSA) is 64.0 Å². The molecule has 0 saturated heterocycles.